The Bertz CT molecular complexity index is 545. The molecule has 6 nitrogen and oxygen atoms in total. The Hall–Kier alpha value is -1.18. The molecule has 1 aromatic rings. The number of nitrogens with zero attached hydrogens (tertiary/aromatic N) is 2. The van der Waals surface area contributed by atoms with E-state index in [0.717, 1.165) is 0 Å². The van der Waals surface area contributed by atoms with Gasteiger partial charge in [0.05, 0.1) is 11.8 Å². The maximum absolute atomic E-state index is 12.5. The third kappa shape index (κ3) is 2.72. The van der Waals surface area contributed by atoms with Gasteiger partial charge in [-0.05, 0) is 31.4 Å². The number of aliphatic hydroxyl groups is 1. The van der Waals surface area contributed by atoms with Gasteiger partial charge in [0.1, 0.15) is 0 Å². The summed E-state index contributed by atoms with van der Waals surface area (Å²) in [5.74, 6) is -0.00322. The van der Waals surface area contributed by atoms with E-state index in [1.807, 2.05) is 0 Å². The molecule has 1 aliphatic rings. The molecule has 0 saturated carbocycles. The first-order chi connectivity index (χ1) is 8.96. The van der Waals surface area contributed by atoms with Gasteiger partial charge in [-0.15, -0.1) is 0 Å². The van der Waals surface area contributed by atoms with Crippen molar-refractivity contribution in [1.29, 1.82) is 0 Å². The van der Waals surface area contributed by atoms with Crippen molar-refractivity contribution >= 4 is 15.7 Å². The fourth-order valence-electron chi connectivity index (χ4n) is 2.27. The number of hydrogen-bond acceptors (Lipinski definition) is 5. The normalized spacial score (nSPS) is 22.4. The van der Waals surface area contributed by atoms with Gasteiger partial charge in [0.15, 0.2) is 5.03 Å². The molecule has 7 heteroatoms. The minimum absolute atomic E-state index is 0.00322. The van der Waals surface area contributed by atoms with Crippen LogP contribution in [0.5, 0.6) is 0 Å². The molecule has 0 aliphatic carbocycles. The molecular formula is C12H19N3O3S. The molecule has 1 aromatic heterocycles. The second-order valence-corrected chi connectivity index (χ2v) is 6.61. The van der Waals surface area contributed by atoms with Crippen LogP contribution in [0, 0.1) is 5.92 Å². The van der Waals surface area contributed by atoms with Crippen LogP contribution in [0.2, 0.25) is 0 Å². The van der Waals surface area contributed by atoms with Crippen molar-refractivity contribution in [1.82, 2.24) is 9.29 Å². The van der Waals surface area contributed by atoms with E-state index in [-0.39, 0.29) is 10.9 Å². The van der Waals surface area contributed by atoms with Crippen LogP contribution < -0.4 is 5.32 Å². The highest BCUT2D eigenvalue weighted by Crippen LogP contribution is 2.28. The molecule has 106 valence electrons. The Kier molecular flexibility index (Phi) is 4.07. The van der Waals surface area contributed by atoms with E-state index in [0.29, 0.717) is 25.2 Å². The van der Waals surface area contributed by atoms with Crippen LogP contribution in [0.15, 0.2) is 23.4 Å². The summed E-state index contributed by atoms with van der Waals surface area (Å²) in [6.07, 6.45) is 1.65. The topological polar surface area (TPSA) is 82.5 Å². The summed E-state index contributed by atoms with van der Waals surface area (Å²) in [4.78, 5) is 3.98. The number of aliphatic hydroxyl groups excluding tert-OH is 1. The molecule has 0 radical (unpaired) electrons. The number of hydrogen-bond donors (Lipinski definition) is 2. The average Bonchev–Trinajstić information content (AvgIpc) is 2.89. The summed E-state index contributed by atoms with van der Waals surface area (Å²) in [6, 6.07) is 3.37. The molecule has 1 aliphatic heterocycles. The molecule has 19 heavy (non-hydrogen) atoms. The maximum atomic E-state index is 12.5. The van der Waals surface area contributed by atoms with Crippen molar-refractivity contribution in [2.24, 2.45) is 5.92 Å². The average molecular weight is 285 g/mol. The minimum Gasteiger partial charge on any atom is -0.393 e. The Labute approximate surface area is 113 Å². The molecule has 0 spiro atoms. The molecule has 0 aromatic carbocycles. The second kappa shape index (κ2) is 5.44. The molecule has 2 atom stereocenters. The van der Waals surface area contributed by atoms with Crippen molar-refractivity contribution in [2.45, 2.75) is 24.5 Å². The Morgan fingerprint density at radius 2 is 2.32 bits per heavy atom. The zero-order chi connectivity index (χ0) is 14.0. The predicted molar refractivity (Wildman–Crippen MR) is 72.3 cm³/mol. The standard InChI is InChI=1S/C12H19N3O3S/c1-9(16)10-5-7-15(8-10)19(17,18)12-11(13-2)4-3-6-14-12/h3-4,6,9-10,13,16H,5,7-8H2,1-2H3. The van der Waals surface area contributed by atoms with Gasteiger partial charge in [0, 0.05) is 26.3 Å². The third-order valence-electron chi connectivity index (χ3n) is 3.49. The summed E-state index contributed by atoms with van der Waals surface area (Å²) in [5.41, 5.74) is 0.489. The second-order valence-electron chi connectivity index (χ2n) is 4.76. The molecule has 2 heterocycles. The SMILES string of the molecule is CNc1cccnc1S(=O)(=O)N1CCC(C(C)O)C1. The van der Waals surface area contributed by atoms with E-state index in [4.69, 9.17) is 0 Å². The van der Waals surface area contributed by atoms with Gasteiger partial charge < -0.3 is 10.4 Å². The number of aromatic nitrogens is 1. The van der Waals surface area contributed by atoms with Gasteiger partial charge in [-0.3, -0.25) is 0 Å². The summed E-state index contributed by atoms with van der Waals surface area (Å²) in [7, 11) is -1.93. The first-order valence-electron chi connectivity index (χ1n) is 6.28. The molecular weight excluding hydrogens is 266 g/mol. The van der Waals surface area contributed by atoms with Crippen LogP contribution in [0.3, 0.4) is 0 Å². The molecule has 2 unspecified atom stereocenters. The Morgan fingerprint density at radius 3 is 2.89 bits per heavy atom. The molecule has 2 rings (SSSR count). The van der Waals surface area contributed by atoms with Gasteiger partial charge in [0.25, 0.3) is 10.0 Å². The zero-order valence-corrected chi connectivity index (χ0v) is 11.9. The molecule has 2 N–H and O–H groups in total. The highest BCUT2D eigenvalue weighted by molar-refractivity contribution is 7.89. The molecule has 0 bridgehead atoms. The van der Waals surface area contributed by atoms with Crippen molar-refractivity contribution in [2.75, 3.05) is 25.5 Å². The van der Waals surface area contributed by atoms with Crippen LogP contribution in [-0.4, -0.2) is 49.1 Å². The van der Waals surface area contributed by atoms with E-state index in [9.17, 15) is 13.5 Å². The van der Waals surface area contributed by atoms with E-state index in [1.54, 1.807) is 26.1 Å². The van der Waals surface area contributed by atoms with Gasteiger partial charge in [-0.25, -0.2) is 13.4 Å². The quantitative estimate of drug-likeness (QED) is 0.842. The monoisotopic (exact) mass is 285 g/mol. The Morgan fingerprint density at radius 1 is 1.58 bits per heavy atom. The van der Waals surface area contributed by atoms with Crippen molar-refractivity contribution in [3.8, 4) is 0 Å². The lowest BCUT2D eigenvalue weighted by atomic mass is 10.0. The van der Waals surface area contributed by atoms with Gasteiger partial charge in [0.2, 0.25) is 0 Å². The zero-order valence-electron chi connectivity index (χ0n) is 11.1. The van der Waals surface area contributed by atoms with Crippen molar-refractivity contribution < 1.29 is 13.5 Å². The van der Waals surface area contributed by atoms with E-state index < -0.39 is 16.1 Å². The lowest BCUT2D eigenvalue weighted by Gasteiger charge is -2.18. The minimum atomic E-state index is -3.60. The lowest BCUT2D eigenvalue weighted by molar-refractivity contribution is 0.133. The first kappa shape index (κ1) is 14.2. The summed E-state index contributed by atoms with van der Waals surface area (Å²) >= 11 is 0. The highest BCUT2D eigenvalue weighted by Gasteiger charge is 2.36. The van der Waals surface area contributed by atoms with Crippen LogP contribution in [-0.2, 0) is 10.0 Å². The summed E-state index contributed by atoms with van der Waals surface area (Å²) in [5, 5.41) is 12.4. The number of sulfonamides is 1. The van der Waals surface area contributed by atoms with Crippen molar-refractivity contribution in [3.63, 3.8) is 0 Å². The van der Waals surface area contributed by atoms with Crippen LogP contribution in [0.25, 0.3) is 0 Å². The first-order valence-corrected chi connectivity index (χ1v) is 7.72. The number of anilines is 1. The van der Waals surface area contributed by atoms with Crippen molar-refractivity contribution in [3.05, 3.63) is 18.3 Å². The third-order valence-corrected chi connectivity index (χ3v) is 5.32. The molecule has 1 fully saturated rings. The summed E-state index contributed by atoms with van der Waals surface area (Å²) < 4.78 is 26.4. The van der Waals surface area contributed by atoms with E-state index in [2.05, 4.69) is 10.3 Å². The number of nitrogens with one attached hydrogen (secondary N) is 1. The Balaban J connectivity index is 2.29. The number of pyridine rings is 1. The molecule has 1 saturated heterocycles. The van der Waals surface area contributed by atoms with Gasteiger partial charge in [-0.2, -0.15) is 4.31 Å². The van der Waals surface area contributed by atoms with E-state index >= 15 is 0 Å². The fraction of sp³-hybridized carbons (Fsp3) is 0.583. The smallest absolute Gasteiger partial charge is 0.262 e. The maximum Gasteiger partial charge on any atom is 0.262 e. The van der Waals surface area contributed by atoms with Crippen LogP contribution in [0.1, 0.15) is 13.3 Å². The largest absolute Gasteiger partial charge is 0.393 e. The van der Waals surface area contributed by atoms with E-state index in [1.165, 1.54) is 10.5 Å². The molecule has 0 amide bonds. The van der Waals surface area contributed by atoms with Crippen LogP contribution >= 0.6 is 0 Å². The van der Waals surface area contributed by atoms with Gasteiger partial charge >= 0.3 is 0 Å². The lowest BCUT2D eigenvalue weighted by Crippen LogP contribution is -2.31. The highest BCUT2D eigenvalue weighted by atomic mass is 32.2. The fourth-order valence-corrected chi connectivity index (χ4v) is 3.90. The van der Waals surface area contributed by atoms with Gasteiger partial charge in [-0.1, -0.05) is 0 Å². The van der Waals surface area contributed by atoms with Crippen LogP contribution in [0.4, 0.5) is 5.69 Å². The predicted octanol–water partition coefficient (Wildman–Crippen LogP) is 0.515. The summed E-state index contributed by atoms with van der Waals surface area (Å²) in [6.45, 7) is 2.47. The number of rotatable bonds is 4.